The third kappa shape index (κ3) is 6.36. The minimum absolute atomic E-state index is 0.0141. The number of amides is 1. The molecule has 1 rings (SSSR count). The van der Waals surface area contributed by atoms with Crippen molar-refractivity contribution in [3.63, 3.8) is 0 Å². The molecule has 1 aliphatic carbocycles. The number of hydrogen-bond acceptors (Lipinski definition) is 3. The normalized spacial score (nSPS) is 20.2. The molecule has 0 heterocycles. The summed E-state index contributed by atoms with van der Waals surface area (Å²) in [5.41, 5.74) is -0.809. The van der Waals surface area contributed by atoms with Gasteiger partial charge in [-0.1, -0.05) is 25.7 Å². The van der Waals surface area contributed by atoms with Gasteiger partial charge in [0, 0.05) is 12.1 Å². The summed E-state index contributed by atoms with van der Waals surface area (Å²) >= 11 is 0. The van der Waals surface area contributed by atoms with E-state index in [1.165, 1.54) is 12.8 Å². The number of carbonyl (C=O) groups excluding carboxylic acids is 1. The maximum atomic E-state index is 11.6. The zero-order valence-electron chi connectivity index (χ0n) is 12.0. The van der Waals surface area contributed by atoms with Gasteiger partial charge < -0.3 is 15.7 Å². The van der Waals surface area contributed by atoms with Gasteiger partial charge in [0.05, 0.1) is 12.1 Å². The Morgan fingerprint density at radius 1 is 1.17 bits per heavy atom. The van der Waals surface area contributed by atoms with E-state index in [0.717, 1.165) is 25.7 Å². The quantitative estimate of drug-likeness (QED) is 0.669. The van der Waals surface area contributed by atoms with Crippen molar-refractivity contribution in [3.05, 3.63) is 0 Å². The van der Waals surface area contributed by atoms with Crippen LogP contribution in [-0.4, -0.2) is 35.2 Å². The Balaban J connectivity index is 2.25. The van der Waals surface area contributed by atoms with Crippen molar-refractivity contribution < 1.29 is 9.90 Å². The molecule has 0 aromatic heterocycles. The Morgan fingerprint density at radius 3 is 2.22 bits per heavy atom. The van der Waals surface area contributed by atoms with Crippen LogP contribution in [0.15, 0.2) is 0 Å². The van der Waals surface area contributed by atoms with Gasteiger partial charge in [-0.15, -0.1) is 0 Å². The molecular formula is C14H28N2O2. The highest BCUT2D eigenvalue weighted by Crippen LogP contribution is 2.26. The van der Waals surface area contributed by atoms with E-state index in [4.69, 9.17) is 0 Å². The minimum Gasteiger partial charge on any atom is -0.389 e. The predicted molar refractivity (Wildman–Crippen MR) is 73.4 cm³/mol. The monoisotopic (exact) mass is 256 g/mol. The number of rotatable bonds is 4. The maximum Gasteiger partial charge on any atom is 0.234 e. The van der Waals surface area contributed by atoms with Crippen LogP contribution in [0, 0.1) is 0 Å². The fourth-order valence-corrected chi connectivity index (χ4v) is 2.43. The van der Waals surface area contributed by atoms with Crippen LogP contribution in [0.4, 0.5) is 0 Å². The third-order valence-corrected chi connectivity index (χ3v) is 3.29. The van der Waals surface area contributed by atoms with Crippen LogP contribution in [0.2, 0.25) is 0 Å². The van der Waals surface area contributed by atoms with Gasteiger partial charge in [-0.25, -0.2) is 0 Å². The molecule has 1 saturated carbocycles. The molecule has 0 aromatic carbocycles. The Kier molecular flexibility index (Phi) is 5.60. The summed E-state index contributed by atoms with van der Waals surface area (Å²) in [6.07, 6.45) is 6.31. The second-order valence-corrected chi connectivity index (χ2v) is 6.54. The van der Waals surface area contributed by atoms with E-state index in [0.29, 0.717) is 6.54 Å². The molecule has 0 bridgehead atoms. The van der Waals surface area contributed by atoms with Crippen LogP contribution >= 0.6 is 0 Å². The van der Waals surface area contributed by atoms with Crippen LogP contribution in [0.1, 0.15) is 59.3 Å². The predicted octanol–water partition coefficient (Wildman–Crippen LogP) is 1.58. The SMILES string of the molecule is CC(C)(C)NC(=O)CNCC1(O)CCCCCC1. The molecule has 0 saturated heterocycles. The molecule has 0 unspecified atom stereocenters. The van der Waals surface area contributed by atoms with E-state index in [2.05, 4.69) is 10.6 Å². The molecule has 3 N–H and O–H groups in total. The van der Waals surface area contributed by atoms with Crippen molar-refractivity contribution in [2.75, 3.05) is 13.1 Å². The summed E-state index contributed by atoms with van der Waals surface area (Å²) in [6, 6.07) is 0. The van der Waals surface area contributed by atoms with Crippen LogP contribution in [0.3, 0.4) is 0 Å². The summed E-state index contributed by atoms with van der Waals surface area (Å²) in [6.45, 7) is 6.68. The first-order valence-corrected chi connectivity index (χ1v) is 7.05. The first-order valence-electron chi connectivity index (χ1n) is 7.05. The van der Waals surface area contributed by atoms with E-state index in [1.807, 2.05) is 20.8 Å². The van der Waals surface area contributed by atoms with Crippen LogP contribution in [-0.2, 0) is 4.79 Å². The van der Waals surface area contributed by atoms with E-state index in [-0.39, 0.29) is 18.0 Å². The lowest BCUT2D eigenvalue weighted by Crippen LogP contribution is -2.48. The second-order valence-electron chi connectivity index (χ2n) is 6.54. The smallest absolute Gasteiger partial charge is 0.234 e. The molecular weight excluding hydrogens is 228 g/mol. The Labute approximate surface area is 111 Å². The molecule has 1 aliphatic rings. The Hall–Kier alpha value is -0.610. The molecule has 0 radical (unpaired) electrons. The minimum atomic E-state index is -0.613. The fourth-order valence-electron chi connectivity index (χ4n) is 2.43. The lowest BCUT2D eigenvalue weighted by molar-refractivity contribution is -0.121. The summed E-state index contributed by atoms with van der Waals surface area (Å²) in [4.78, 5) is 11.6. The number of aliphatic hydroxyl groups is 1. The van der Waals surface area contributed by atoms with Gasteiger partial charge in [-0.05, 0) is 33.6 Å². The highest BCUT2D eigenvalue weighted by atomic mass is 16.3. The average molecular weight is 256 g/mol. The molecule has 4 heteroatoms. The number of nitrogens with one attached hydrogen (secondary N) is 2. The highest BCUT2D eigenvalue weighted by Gasteiger charge is 2.27. The van der Waals surface area contributed by atoms with Crippen molar-refractivity contribution >= 4 is 5.91 Å². The number of carbonyl (C=O) groups is 1. The lowest BCUT2D eigenvalue weighted by atomic mass is 9.94. The van der Waals surface area contributed by atoms with E-state index < -0.39 is 5.60 Å². The van der Waals surface area contributed by atoms with Crippen molar-refractivity contribution in [1.82, 2.24) is 10.6 Å². The van der Waals surface area contributed by atoms with Gasteiger partial charge >= 0.3 is 0 Å². The molecule has 0 aromatic rings. The van der Waals surface area contributed by atoms with Crippen LogP contribution in [0.5, 0.6) is 0 Å². The van der Waals surface area contributed by atoms with Crippen molar-refractivity contribution in [2.24, 2.45) is 0 Å². The van der Waals surface area contributed by atoms with Crippen molar-refractivity contribution in [2.45, 2.75) is 70.4 Å². The average Bonchev–Trinajstić information content (AvgIpc) is 2.40. The zero-order chi connectivity index (χ0) is 13.6. The molecule has 0 spiro atoms. The Morgan fingerprint density at radius 2 is 1.72 bits per heavy atom. The molecule has 1 amide bonds. The molecule has 18 heavy (non-hydrogen) atoms. The molecule has 0 atom stereocenters. The summed E-state index contributed by atoms with van der Waals surface area (Å²) in [5, 5.41) is 16.4. The Bertz CT molecular complexity index is 263. The van der Waals surface area contributed by atoms with E-state index in [1.54, 1.807) is 0 Å². The van der Waals surface area contributed by atoms with Gasteiger partial charge in [-0.3, -0.25) is 4.79 Å². The summed E-state index contributed by atoms with van der Waals surface area (Å²) in [7, 11) is 0. The van der Waals surface area contributed by atoms with Gasteiger partial charge in [0.25, 0.3) is 0 Å². The second kappa shape index (κ2) is 6.53. The van der Waals surface area contributed by atoms with Gasteiger partial charge in [0.2, 0.25) is 5.91 Å². The summed E-state index contributed by atoms with van der Waals surface area (Å²) < 4.78 is 0. The first-order chi connectivity index (χ1) is 8.31. The maximum absolute atomic E-state index is 11.6. The fraction of sp³-hybridized carbons (Fsp3) is 0.929. The third-order valence-electron chi connectivity index (χ3n) is 3.29. The topological polar surface area (TPSA) is 61.4 Å². The molecule has 1 fully saturated rings. The van der Waals surface area contributed by atoms with Gasteiger partial charge in [0.1, 0.15) is 0 Å². The lowest BCUT2D eigenvalue weighted by Gasteiger charge is -2.27. The van der Waals surface area contributed by atoms with E-state index in [9.17, 15) is 9.90 Å². The zero-order valence-corrected chi connectivity index (χ0v) is 12.0. The van der Waals surface area contributed by atoms with Crippen molar-refractivity contribution in [3.8, 4) is 0 Å². The highest BCUT2D eigenvalue weighted by molar-refractivity contribution is 5.78. The first kappa shape index (κ1) is 15.4. The standard InChI is InChI=1S/C14H28N2O2/c1-13(2,3)16-12(17)10-15-11-14(18)8-6-4-5-7-9-14/h15,18H,4-11H2,1-3H3,(H,16,17). The van der Waals surface area contributed by atoms with Crippen molar-refractivity contribution in [1.29, 1.82) is 0 Å². The number of hydrogen-bond donors (Lipinski definition) is 3. The van der Waals surface area contributed by atoms with E-state index >= 15 is 0 Å². The summed E-state index contributed by atoms with van der Waals surface area (Å²) in [5.74, 6) is -0.0141. The van der Waals surface area contributed by atoms with Crippen LogP contribution < -0.4 is 10.6 Å². The van der Waals surface area contributed by atoms with Crippen LogP contribution in [0.25, 0.3) is 0 Å². The molecule has 106 valence electrons. The van der Waals surface area contributed by atoms with Gasteiger partial charge in [-0.2, -0.15) is 0 Å². The molecule has 4 nitrogen and oxygen atoms in total. The molecule has 0 aliphatic heterocycles. The van der Waals surface area contributed by atoms with Gasteiger partial charge in [0.15, 0.2) is 0 Å². The largest absolute Gasteiger partial charge is 0.389 e.